The van der Waals surface area contributed by atoms with E-state index in [1.807, 2.05) is 0 Å². The van der Waals surface area contributed by atoms with E-state index in [0.717, 1.165) is 0 Å². The van der Waals surface area contributed by atoms with E-state index in [0.29, 0.717) is 27.6 Å². The first-order valence-electron chi connectivity index (χ1n) is 9.36. The molecule has 8 nitrogen and oxygen atoms in total. The minimum Gasteiger partial charge on any atom is -0.508 e. The van der Waals surface area contributed by atoms with E-state index in [9.17, 15) is 14.7 Å². The number of halogens is 1. The monoisotopic (exact) mass is 453 g/mol. The predicted molar refractivity (Wildman–Crippen MR) is 122 cm³/mol. The average molecular weight is 454 g/mol. The largest absolute Gasteiger partial charge is 0.508 e. The summed E-state index contributed by atoms with van der Waals surface area (Å²) in [6.45, 7) is 0. The minimum atomic E-state index is -0.577. The van der Waals surface area contributed by atoms with Gasteiger partial charge in [-0.3, -0.25) is 9.59 Å². The summed E-state index contributed by atoms with van der Waals surface area (Å²) < 4.78 is 10.4. The summed E-state index contributed by atoms with van der Waals surface area (Å²) in [4.78, 5) is 25.4. The maximum atomic E-state index is 12.7. The van der Waals surface area contributed by atoms with E-state index in [1.165, 1.54) is 50.8 Å². The lowest BCUT2D eigenvalue weighted by Gasteiger charge is -2.12. The molecular formula is C23H20ClN3O5. The van der Waals surface area contributed by atoms with Crippen LogP contribution in [-0.4, -0.2) is 37.4 Å². The number of phenols is 1. The molecule has 3 aromatic rings. The predicted octanol–water partition coefficient (Wildman–Crippen LogP) is 4.08. The molecule has 9 heteroatoms. The van der Waals surface area contributed by atoms with Gasteiger partial charge in [-0.05, 0) is 54.1 Å². The van der Waals surface area contributed by atoms with Crippen molar-refractivity contribution in [1.29, 1.82) is 0 Å². The maximum Gasteiger partial charge on any atom is 0.273 e. The number of benzene rings is 3. The molecule has 0 aliphatic heterocycles. The Morgan fingerprint density at radius 2 is 1.75 bits per heavy atom. The van der Waals surface area contributed by atoms with Crippen LogP contribution in [0.5, 0.6) is 17.2 Å². The highest BCUT2D eigenvalue weighted by atomic mass is 35.5. The number of methoxy groups -OCH3 is 2. The molecule has 0 spiro atoms. The van der Waals surface area contributed by atoms with Crippen molar-refractivity contribution in [3.05, 3.63) is 82.4 Å². The molecule has 3 N–H and O–H groups in total. The van der Waals surface area contributed by atoms with Gasteiger partial charge in [-0.25, -0.2) is 5.43 Å². The van der Waals surface area contributed by atoms with Crippen LogP contribution in [-0.2, 0) is 0 Å². The number of rotatable bonds is 7. The Morgan fingerprint density at radius 1 is 0.969 bits per heavy atom. The molecule has 0 atom stereocenters. The van der Waals surface area contributed by atoms with Crippen molar-refractivity contribution in [3.63, 3.8) is 0 Å². The highest BCUT2D eigenvalue weighted by Gasteiger charge is 2.16. The lowest BCUT2D eigenvalue weighted by atomic mass is 10.1. The van der Waals surface area contributed by atoms with Crippen LogP contribution in [0, 0.1) is 0 Å². The number of aromatic hydroxyl groups is 1. The van der Waals surface area contributed by atoms with Crippen molar-refractivity contribution in [2.75, 3.05) is 19.5 Å². The highest BCUT2D eigenvalue weighted by molar-refractivity contribution is 6.31. The lowest BCUT2D eigenvalue weighted by Crippen LogP contribution is -2.21. The number of phenolic OH excluding ortho intramolecular Hbond substituents is 1. The second-order valence-electron chi connectivity index (χ2n) is 6.51. The molecule has 0 aliphatic rings. The van der Waals surface area contributed by atoms with Crippen molar-refractivity contribution >= 4 is 35.3 Å². The van der Waals surface area contributed by atoms with Gasteiger partial charge in [-0.2, -0.15) is 5.10 Å². The van der Waals surface area contributed by atoms with Crippen molar-refractivity contribution < 1.29 is 24.2 Å². The molecular weight excluding hydrogens is 434 g/mol. The summed E-state index contributed by atoms with van der Waals surface area (Å²) in [5.74, 6) is -0.0666. The Kier molecular flexibility index (Phi) is 7.30. The zero-order valence-corrected chi connectivity index (χ0v) is 18.0. The van der Waals surface area contributed by atoms with Gasteiger partial charge < -0.3 is 19.9 Å². The zero-order chi connectivity index (χ0) is 23.1. The second kappa shape index (κ2) is 10.3. The summed E-state index contributed by atoms with van der Waals surface area (Å²) >= 11 is 6.05. The summed E-state index contributed by atoms with van der Waals surface area (Å²) in [7, 11) is 2.97. The topological polar surface area (TPSA) is 109 Å². The van der Waals surface area contributed by atoms with Gasteiger partial charge >= 0.3 is 0 Å². The average Bonchev–Trinajstić information content (AvgIpc) is 2.79. The first kappa shape index (κ1) is 22.6. The van der Waals surface area contributed by atoms with E-state index in [-0.39, 0.29) is 17.0 Å². The molecule has 0 fully saturated rings. The van der Waals surface area contributed by atoms with Crippen molar-refractivity contribution in [2.24, 2.45) is 5.10 Å². The first-order valence-corrected chi connectivity index (χ1v) is 9.74. The minimum absolute atomic E-state index is 0.0790. The fraction of sp³-hybridized carbons (Fsp3) is 0.0870. The molecule has 0 saturated carbocycles. The number of anilines is 1. The van der Waals surface area contributed by atoms with Gasteiger partial charge in [0.1, 0.15) is 5.75 Å². The summed E-state index contributed by atoms with van der Waals surface area (Å²) in [6.07, 6.45) is 1.38. The van der Waals surface area contributed by atoms with Crippen LogP contribution >= 0.6 is 11.6 Å². The third-order valence-electron chi connectivity index (χ3n) is 4.37. The third-order valence-corrected chi connectivity index (χ3v) is 4.61. The van der Waals surface area contributed by atoms with Gasteiger partial charge in [-0.1, -0.05) is 23.7 Å². The van der Waals surface area contributed by atoms with Gasteiger partial charge in [0.05, 0.1) is 31.7 Å². The van der Waals surface area contributed by atoms with Crippen LogP contribution in [0.3, 0.4) is 0 Å². The molecule has 0 heterocycles. The van der Waals surface area contributed by atoms with Crippen molar-refractivity contribution in [1.82, 2.24) is 5.43 Å². The van der Waals surface area contributed by atoms with Crippen LogP contribution < -0.4 is 20.2 Å². The third kappa shape index (κ3) is 5.55. The molecule has 164 valence electrons. The van der Waals surface area contributed by atoms with Gasteiger partial charge in [0.15, 0.2) is 11.5 Å². The van der Waals surface area contributed by atoms with Crippen LogP contribution in [0.25, 0.3) is 0 Å². The van der Waals surface area contributed by atoms with Crippen molar-refractivity contribution in [2.45, 2.75) is 0 Å². The first-order chi connectivity index (χ1) is 15.4. The highest BCUT2D eigenvalue weighted by Crippen LogP contribution is 2.28. The standard InChI is InChI=1S/C23H20ClN3O5/c1-31-20-9-6-15(11-21(20)32-2)22(29)26-19-8-7-16(24)12-18(19)23(30)27-25-13-14-4-3-5-17(28)10-14/h3-13,28H,1-2H3,(H,26,29)(H,27,30)/b25-13+. The van der Waals surface area contributed by atoms with E-state index in [4.69, 9.17) is 21.1 Å². The number of carbonyl (C=O) groups excluding carboxylic acids is 2. The molecule has 3 rings (SSSR count). The smallest absolute Gasteiger partial charge is 0.273 e. The maximum absolute atomic E-state index is 12.7. The van der Waals surface area contributed by atoms with Gasteiger partial charge in [0, 0.05) is 10.6 Å². The van der Waals surface area contributed by atoms with E-state index < -0.39 is 11.8 Å². The lowest BCUT2D eigenvalue weighted by molar-refractivity contribution is 0.0956. The Balaban J connectivity index is 1.78. The fourth-order valence-corrected chi connectivity index (χ4v) is 2.99. The van der Waals surface area contributed by atoms with Crippen molar-refractivity contribution in [3.8, 4) is 17.2 Å². The number of nitrogens with zero attached hydrogens (tertiary/aromatic N) is 1. The molecule has 2 amide bonds. The summed E-state index contributed by atoms with van der Waals surface area (Å²) in [5, 5.41) is 16.4. The molecule has 32 heavy (non-hydrogen) atoms. The second-order valence-corrected chi connectivity index (χ2v) is 6.94. The molecule has 0 saturated heterocycles. The quantitative estimate of drug-likeness (QED) is 0.369. The van der Waals surface area contributed by atoms with E-state index >= 15 is 0 Å². The molecule has 0 radical (unpaired) electrons. The van der Waals surface area contributed by atoms with Gasteiger partial charge in [0.2, 0.25) is 0 Å². The Bertz CT molecular complexity index is 1180. The number of hydrogen-bond acceptors (Lipinski definition) is 6. The Morgan fingerprint density at radius 3 is 2.47 bits per heavy atom. The Labute approximate surface area is 189 Å². The van der Waals surface area contributed by atoms with Crippen LogP contribution in [0.4, 0.5) is 5.69 Å². The molecule has 0 bridgehead atoms. The van der Waals surface area contributed by atoms with Gasteiger partial charge in [-0.15, -0.1) is 0 Å². The fourth-order valence-electron chi connectivity index (χ4n) is 2.82. The van der Waals surface area contributed by atoms with Crippen LogP contribution in [0.2, 0.25) is 5.02 Å². The van der Waals surface area contributed by atoms with Crippen LogP contribution in [0.15, 0.2) is 65.8 Å². The number of hydrogen-bond donors (Lipinski definition) is 3. The molecule has 0 aromatic heterocycles. The summed E-state index contributed by atoms with van der Waals surface area (Å²) in [5.41, 5.74) is 3.66. The Hall–Kier alpha value is -4.04. The van der Waals surface area contributed by atoms with Crippen LogP contribution in [0.1, 0.15) is 26.3 Å². The summed E-state index contributed by atoms with van der Waals surface area (Å²) in [6, 6.07) is 15.6. The molecule has 0 aliphatic carbocycles. The molecule has 0 unspecified atom stereocenters. The number of hydrazone groups is 1. The normalized spacial score (nSPS) is 10.6. The number of amides is 2. The van der Waals surface area contributed by atoms with E-state index in [2.05, 4.69) is 15.8 Å². The number of nitrogens with one attached hydrogen (secondary N) is 2. The molecule has 3 aromatic carbocycles. The van der Waals surface area contributed by atoms with E-state index in [1.54, 1.807) is 30.3 Å². The SMILES string of the molecule is COc1ccc(C(=O)Nc2ccc(Cl)cc2C(=O)N/N=C/c2cccc(O)c2)cc1OC. The van der Waals surface area contributed by atoms with Gasteiger partial charge in [0.25, 0.3) is 11.8 Å². The zero-order valence-electron chi connectivity index (χ0n) is 17.3. The number of ether oxygens (including phenoxy) is 2. The number of carbonyl (C=O) groups is 2.